The van der Waals surface area contributed by atoms with Gasteiger partial charge in [0.15, 0.2) is 0 Å². The van der Waals surface area contributed by atoms with Crippen LogP contribution in [0, 0.1) is 0 Å². The molecule has 7 heteroatoms. The largest absolute Gasteiger partial charge is 0.491 e. The van der Waals surface area contributed by atoms with Gasteiger partial charge in [-0.05, 0) is 38.1 Å². The van der Waals surface area contributed by atoms with Crippen LogP contribution < -0.4 is 20.7 Å². The maximum atomic E-state index is 11.8. The highest BCUT2D eigenvalue weighted by Gasteiger charge is 2.31. The molecule has 0 saturated carbocycles. The molecule has 1 aromatic rings. The summed E-state index contributed by atoms with van der Waals surface area (Å²) in [6.07, 6.45) is -0.0307. The van der Waals surface area contributed by atoms with Gasteiger partial charge in [0.2, 0.25) is 5.91 Å². The third kappa shape index (κ3) is 4.20. The van der Waals surface area contributed by atoms with Crippen LogP contribution in [0.3, 0.4) is 0 Å². The molecule has 3 N–H and O–H groups in total. The first kappa shape index (κ1) is 14.8. The number of rotatable bonds is 5. The van der Waals surface area contributed by atoms with E-state index in [4.69, 9.17) is 4.74 Å². The molecule has 0 bridgehead atoms. The molecule has 0 aliphatic carbocycles. The summed E-state index contributed by atoms with van der Waals surface area (Å²) in [6.45, 7) is 3.85. The predicted molar refractivity (Wildman–Crippen MR) is 75.9 cm³/mol. The highest BCUT2D eigenvalue weighted by Crippen LogP contribution is 2.17. The first-order valence-corrected chi connectivity index (χ1v) is 6.62. The van der Waals surface area contributed by atoms with Gasteiger partial charge in [-0.25, -0.2) is 4.79 Å². The van der Waals surface area contributed by atoms with Crippen LogP contribution in [-0.4, -0.2) is 30.0 Å². The van der Waals surface area contributed by atoms with Gasteiger partial charge in [-0.15, -0.1) is 0 Å². The third-order valence-electron chi connectivity index (χ3n) is 2.76. The molecule has 2 rings (SSSR count). The highest BCUT2D eigenvalue weighted by molar-refractivity contribution is 6.06. The molecule has 4 amide bonds. The number of hydrogen-bond donors (Lipinski definition) is 3. The number of carbonyl (C=O) groups excluding carboxylic acids is 3. The molecule has 1 heterocycles. The maximum absolute atomic E-state index is 11.8. The van der Waals surface area contributed by atoms with Crippen molar-refractivity contribution < 1.29 is 19.1 Å². The molecule has 0 spiro atoms. The molecule has 1 saturated heterocycles. The average Bonchev–Trinajstić information content (AvgIpc) is 2.69. The smallest absolute Gasteiger partial charge is 0.322 e. The Morgan fingerprint density at radius 3 is 2.48 bits per heavy atom. The van der Waals surface area contributed by atoms with E-state index in [2.05, 4.69) is 16.0 Å². The van der Waals surface area contributed by atoms with E-state index in [0.29, 0.717) is 11.4 Å². The zero-order valence-corrected chi connectivity index (χ0v) is 11.8. The van der Waals surface area contributed by atoms with Gasteiger partial charge < -0.3 is 15.4 Å². The Labute approximate surface area is 122 Å². The second-order valence-corrected chi connectivity index (χ2v) is 4.96. The molecule has 112 valence electrons. The minimum absolute atomic E-state index is 0.0786. The standard InChI is InChI=1S/C14H17N3O4/c1-8(2)21-10-5-3-9(4-6-10)15-12(18)7-11-13(19)17-14(20)16-11/h3-6,8,11H,7H2,1-2H3,(H,15,18)(H2,16,17,19,20)/t11-/m1/s1. The fraction of sp³-hybridized carbons (Fsp3) is 0.357. The van der Waals surface area contributed by atoms with E-state index in [1.54, 1.807) is 24.3 Å². The van der Waals surface area contributed by atoms with Gasteiger partial charge in [0.1, 0.15) is 11.8 Å². The molecule has 1 aromatic carbocycles. The SMILES string of the molecule is CC(C)Oc1ccc(NC(=O)C[C@H]2NC(=O)NC2=O)cc1. The van der Waals surface area contributed by atoms with E-state index < -0.39 is 18.0 Å². The van der Waals surface area contributed by atoms with Crippen molar-refractivity contribution in [2.24, 2.45) is 0 Å². The highest BCUT2D eigenvalue weighted by atomic mass is 16.5. The van der Waals surface area contributed by atoms with E-state index in [-0.39, 0.29) is 18.4 Å². The summed E-state index contributed by atoms with van der Waals surface area (Å²) in [7, 11) is 0. The van der Waals surface area contributed by atoms with Gasteiger partial charge in [-0.2, -0.15) is 0 Å². The number of imide groups is 1. The van der Waals surface area contributed by atoms with Crippen LogP contribution in [-0.2, 0) is 9.59 Å². The molecule has 1 aliphatic rings. The van der Waals surface area contributed by atoms with Crippen LogP contribution in [0.5, 0.6) is 5.75 Å². The quantitative estimate of drug-likeness (QED) is 0.705. The predicted octanol–water partition coefficient (Wildman–Crippen LogP) is 1.01. The number of amides is 4. The van der Waals surface area contributed by atoms with Crippen molar-refractivity contribution in [1.82, 2.24) is 10.6 Å². The topological polar surface area (TPSA) is 96.5 Å². The number of anilines is 1. The Kier molecular flexibility index (Phi) is 4.42. The lowest BCUT2D eigenvalue weighted by Crippen LogP contribution is -2.33. The number of nitrogens with one attached hydrogen (secondary N) is 3. The second kappa shape index (κ2) is 6.25. The first-order valence-electron chi connectivity index (χ1n) is 6.62. The average molecular weight is 291 g/mol. The van der Waals surface area contributed by atoms with Gasteiger partial charge in [-0.3, -0.25) is 14.9 Å². The maximum Gasteiger partial charge on any atom is 0.322 e. The lowest BCUT2D eigenvalue weighted by atomic mass is 10.2. The number of ether oxygens (including phenoxy) is 1. The second-order valence-electron chi connectivity index (χ2n) is 4.96. The lowest BCUT2D eigenvalue weighted by molar-refractivity contribution is -0.124. The molecule has 21 heavy (non-hydrogen) atoms. The van der Waals surface area contributed by atoms with Crippen LogP contribution in [0.4, 0.5) is 10.5 Å². The van der Waals surface area contributed by atoms with Crippen molar-refractivity contribution in [3.63, 3.8) is 0 Å². The van der Waals surface area contributed by atoms with Gasteiger partial charge in [0, 0.05) is 5.69 Å². The Balaban J connectivity index is 1.88. The van der Waals surface area contributed by atoms with E-state index >= 15 is 0 Å². The summed E-state index contributed by atoms with van der Waals surface area (Å²) in [5.74, 6) is -0.129. The molecule has 0 unspecified atom stereocenters. The molecule has 1 aliphatic heterocycles. The van der Waals surface area contributed by atoms with Crippen molar-refractivity contribution in [2.45, 2.75) is 32.4 Å². The van der Waals surface area contributed by atoms with E-state index in [1.807, 2.05) is 13.8 Å². The zero-order chi connectivity index (χ0) is 15.4. The molecule has 0 aromatic heterocycles. The van der Waals surface area contributed by atoms with Crippen molar-refractivity contribution in [1.29, 1.82) is 0 Å². The molecular weight excluding hydrogens is 274 g/mol. The van der Waals surface area contributed by atoms with Crippen molar-refractivity contribution in [3.8, 4) is 5.75 Å². The van der Waals surface area contributed by atoms with Gasteiger partial charge in [0.25, 0.3) is 5.91 Å². The number of hydrogen-bond acceptors (Lipinski definition) is 4. The van der Waals surface area contributed by atoms with E-state index in [0.717, 1.165) is 0 Å². The van der Waals surface area contributed by atoms with Crippen LogP contribution in [0.2, 0.25) is 0 Å². The van der Waals surface area contributed by atoms with Gasteiger partial charge >= 0.3 is 6.03 Å². The molecular formula is C14H17N3O4. The van der Waals surface area contributed by atoms with Gasteiger partial charge in [0.05, 0.1) is 12.5 Å². The fourth-order valence-corrected chi connectivity index (χ4v) is 1.89. The van der Waals surface area contributed by atoms with Crippen LogP contribution in [0.15, 0.2) is 24.3 Å². The van der Waals surface area contributed by atoms with Crippen molar-refractivity contribution in [2.75, 3.05) is 5.32 Å². The van der Waals surface area contributed by atoms with E-state index in [9.17, 15) is 14.4 Å². The minimum atomic E-state index is -0.818. The fourth-order valence-electron chi connectivity index (χ4n) is 1.89. The van der Waals surface area contributed by atoms with Crippen LogP contribution in [0.1, 0.15) is 20.3 Å². The summed E-state index contributed by atoms with van der Waals surface area (Å²) in [5, 5.41) is 7.11. The number of urea groups is 1. The lowest BCUT2D eigenvalue weighted by Gasteiger charge is -2.11. The molecule has 0 radical (unpaired) electrons. The van der Waals surface area contributed by atoms with Crippen molar-refractivity contribution >= 4 is 23.5 Å². The third-order valence-corrected chi connectivity index (χ3v) is 2.76. The molecule has 1 atom stereocenters. The Bertz CT molecular complexity index is 554. The minimum Gasteiger partial charge on any atom is -0.491 e. The summed E-state index contributed by atoms with van der Waals surface area (Å²) in [6, 6.07) is 5.53. The Hall–Kier alpha value is -2.57. The summed E-state index contributed by atoms with van der Waals surface area (Å²) < 4.78 is 5.49. The molecule has 1 fully saturated rings. The Morgan fingerprint density at radius 1 is 1.29 bits per heavy atom. The summed E-state index contributed by atoms with van der Waals surface area (Å²) >= 11 is 0. The summed E-state index contributed by atoms with van der Waals surface area (Å²) in [5.41, 5.74) is 0.598. The van der Waals surface area contributed by atoms with Crippen LogP contribution >= 0.6 is 0 Å². The number of benzene rings is 1. The molecule has 7 nitrogen and oxygen atoms in total. The van der Waals surface area contributed by atoms with Gasteiger partial charge in [-0.1, -0.05) is 0 Å². The summed E-state index contributed by atoms with van der Waals surface area (Å²) in [4.78, 5) is 34.1. The normalized spacial score (nSPS) is 17.4. The monoisotopic (exact) mass is 291 g/mol. The van der Waals surface area contributed by atoms with E-state index in [1.165, 1.54) is 0 Å². The number of carbonyl (C=O) groups is 3. The van der Waals surface area contributed by atoms with Crippen molar-refractivity contribution in [3.05, 3.63) is 24.3 Å². The zero-order valence-electron chi connectivity index (χ0n) is 11.8. The Morgan fingerprint density at radius 2 is 1.95 bits per heavy atom. The van der Waals surface area contributed by atoms with Crippen LogP contribution in [0.25, 0.3) is 0 Å². The first-order chi connectivity index (χ1) is 9.94.